The lowest BCUT2D eigenvalue weighted by molar-refractivity contribution is -0.138. The number of carbonyl (C=O) groups excluding carboxylic acids is 2. The third-order valence-electron chi connectivity index (χ3n) is 7.72. The smallest absolute Gasteiger partial charge is 0.416 e. The van der Waals surface area contributed by atoms with Crippen molar-refractivity contribution in [3.05, 3.63) is 88.2 Å². The first kappa shape index (κ1) is 30.1. The molecule has 2 aromatic carbocycles. The van der Waals surface area contributed by atoms with E-state index in [1.807, 2.05) is 31.0 Å². The van der Waals surface area contributed by atoms with E-state index in [-0.39, 0.29) is 23.7 Å². The number of aromatic amines is 1. The first-order valence-corrected chi connectivity index (χ1v) is 13.9. The van der Waals surface area contributed by atoms with Gasteiger partial charge in [-0.25, -0.2) is 9.78 Å². The number of ether oxygens (including phenoxy) is 1. The minimum absolute atomic E-state index is 0.0666. The lowest BCUT2D eigenvalue weighted by Crippen LogP contribution is -2.30. The maximum Gasteiger partial charge on any atom is 0.416 e. The Morgan fingerprint density at radius 2 is 1.91 bits per heavy atom. The molecule has 1 atom stereocenters. The molecular formula is C31H33F3N6O3. The number of alkyl halides is 3. The molecule has 2 aromatic heterocycles. The van der Waals surface area contributed by atoms with Gasteiger partial charge in [0.05, 0.1) is 24.6 Å². The molecule has 12 heteroatoms. The van der Waals surface area contributed by atoms with Crippen LogP contribution in [0.15, 0.2) is 54.7 Å². The summed E-state index contributed by atoms with van der Waals surface area (Å²) in [6.45, 7) is 3.88. The monoisotopic (exact) mass is 594 g/mol. The fraction of sp³-hybridized carbons (Fsp3) is 0.323. The Morgan fingerprint density at radius 1 is 1.09 bits per heavy atom. The van der Waals surface area contributed by atoms with Crippen molar-refractivity contribution in [2.45, 2.75) is 38.7 Å². The molecule has 4 N–H and O–H groups in total. The van der Waals surface area contributed by atoms with Gasteiger partial charge in [0, 0.05) is 48.9 Å². The molecule has 0 aliphatic carbocycles. The number of amides is 1. The molecule has 0 saturated carbocycles. The number of anilines is 2. The van der Waals surface area contributed by atoms with E-state index in [1.165, 1.54) is 19.2 Å². The topological polar surface area (TPSA) is 111 Å². The molecule has 3 heterocycles. The van der Waals surface area contributed by atoms with Gasteiger partial charge < -0.3 is 25.7 Å². The van der Waals surface area contributed by atoms with Crippen LogP contribution in [0.3, 0.4) is 0 Å². The number of aromatic nitrogens is 2. The van der Waals surface area contributed by atoms with Crippen LogP contribution in [0.1, 0.15) is 49.5 Å². The van der Waals surface area contributed by atoms with Gasteiger partial charge in [-0.2, -0.15) is 13.2 Å². The number of methoxy groups -OCH3 is 1. The number of esters is 1. The molecule has 1 unspecified atom stereocenters. The van der Waals surface area contributed by atoms with E-state index >= 15 is 0 Å². The van der Waals surface area contributed by atoms with Crippen LogP contribution in [0.4, 0.5) is 24.5 Å². The second-order valence-electron chi connectivity index (χ2n) is 10.7. The normalized spacial score (nSPS) is 15.5. The zero-order chi connectivity index (χ0) is 30.7. The number of hydrogen-bond acceptors (Lipinski definition) is 7. The number of nitrogens with one attached hydrogen (secondary N) is 4. The van der Waals surface area contributed by atoms with Crippen molar-refractivity contribution in [1.82, 2.24) is 20.2 Å². The average Bonchev–Trinajstić information content (AvgIpc) is 3.63. The Bertz CT molecular complexity index is 1650. The van der Waals surface area contributed by atoms with E-state index in [2.05, 4.69) is 25.9 Å². The van der Waals surface area contributed by atoms with Crippen molar-refractivity contribution in [2.75, 3.05) is 37.9 Å². The van der Waals surface area contributed by atoms with Gasteiger partial charge in [-0.3, -0.25) is 9.69 Å². The van der Waals surface area contributed by atoms with Gasteiger partial charge in [-0.05, 0) is 73.5 Å². The fourth-order valence-corrected chi connectivity index (χ4v) is 5.24. The lowest BCUT2D eigenvalue weighted by atomic mass is 10.0. The number of fused-ring (bicyclic) bond motifs is 1. The third kappa shape index (κ3) is 6.98. The number of likely N-dealkylation sites (tertiary alicyclic amines) is 1. The minimum atomic E-state index is -4.59. The van der Waals surface area contributed by atoms with Gasteiger partial charge in [0.1, 0.15) is 11.3 Å². The maximum absolute atomic E-state index is 14.0. The van der Waals surface area contributed by atoms with E-state index < -0.39 is 23.6 Å². The van der Waals surface area contributed by atoms with Crippen LogP contribution < -0.4 is 16.0 Å². The second kappa shape index (κ2) is 12.4. The van der Waals surface area contributed by atoms with Crippen molar-refractivity contribution in [1.29, 1.82) is 0 Å². The van der Waals surface area contributed by atoms with Gasteiger partial charge in [-0.1, -0.05) is 12.1 Å². The molecule has 1 aliphatic heterocycles. The summed E-state index contributed by atoms with van der Waals surface area (Å²) in [4.78, 5) is 34.1. The highest BCUT2D eigenvalue weighted by molar-refractivity contribution is 6.04. The van der Waals surface area contributed by atoms with Crippen LogP contribution in [0.2, 0.25) is 0 Å². The predicted octanol–water partition coefficient (Wildman–Crippen LogP) is 5.33. The van der Waals surface area contributed by atoms with E-state index in [4.69, 9.17) is 4.74 Å². The third-order valence-corrected chi connectivity index (χ3v) is 7.72. The highest BCUT2D eigenvalue weighted by atomic mass is 19.4. The molecule has 4 aromatic rings. The Labute approximate surface area is 246 Å². The highest BCUT2D eigenvalue weighted by Crippen LogP contribution is 2.34. The summed E-state index contributed by atoms with van der Waals surface area (Å²) in [5.74, 6) is -1.11. The van der Waals surface area contributed by atoms with E-state index in [1.54, 1.807) is 24.4 Å². The standard InChI is InChI=1S/C31H33F3N6O3/c1-18-4-7-23(11-22(18)14-36-25-10-21-13-27(30(42)43-3)39-28(21)37-15-25)38-29(41)19-5-6-20(26(12-19)31(32,33)34)16-40-9-8-24(17-40)35-2/h4-7,10-13,15,24,35-36H,8-9,14,16-17H2,1-3H3,(H,37,39)(H,38,41). The lowest BCUT2D eigenvalue weighted by Gasteiger charge is -2.20. The van der Waals surface area contributed by atoms with Crippen molar-refractivity contribution in [3.63, 3.8) is 0 Å². The molecule has 9 nitrogen and oxygen atoms in total. The largest absolute Gasteiger partial charge is 0.464 e. The summed E-state index contributed by atoms with van der Waals surface area (Å²) in [7, 11) is 3.15. The molecule has 1 aliphatic rings. The summed E-state index contributed by atoms with van der Waals surface area (Å²) in [6.07, 6.45) is -2.08. The summed E-state index contributed by atoms with van der Waals surface area (Å²) in [5.41, 5.74) is 3.14. The number of carbonyl (C=O) groups is 2. The summed E-state index contributed by atoms with van der Waals surface area (Å²) in [5, 5.41) is 9.93. The zero-order valence-electron chi connectivity index (χ0n) is 24.1. The van der Waals surface area contributed by atoms with E-state index in [9.17, 15) is 22.8 Å². The van der Waals surface area contributed by atoms with Gasteiger partial charge >= 0.3 is 12.1 Å². The van der Waals surface area contributed by atoms with Gasteiger partial charge in [0.15, 0.2) is 0 Å². The minimum Gasteiger partial charge on any atom is -0.464 e. The SMILES string of the molecule is CNC1CCN(Cc2ccc(C(=O)Nc3ccc(C)c(CNc4cnc5[nH]c(C(=O)OC)cc5c4)c3)cc2C(F)(F)F)C1. The van der Waals surface area contributed by atoms with Gasteiger partial charge in [0.2, 0.25) is 0 Å². The van der Waals surface area contributed by atoms with Crippen molar-refractivity contribution < 1.29 is 27.5 Å². The van der Waals surface area contributed by atoms with Crippen LogP contribution in [0.5, 0.6) is 0 Å². The van der Waals surface area contributed by atoms with Gasteiger partial charge in [0.25, 0.3) is 5.91 Å². The summed E-state index contributed by atoms with van der Waals surface area (Å²) >= 11 is 0. The van der Waals surface area contributed by atoms with E-state index in [0.29, 0.717) is 42.4 Å². The molecular weight excluding hydrogens is 561 g/mol. The van der Waals surface area contributed by atoms with Crippen molar-refractivity contribution >= 4 is 34.3 Å². The number of nitrogens with zero attached hydrogens (tertiary/aromatic N) is 2. The fourth-order valence-electron chi connectivity index (χ4n) is 5.24. The molecule has 0 bridgehead atoms. The second-order valence-corrected chi connectivity index (χ2v) is 10.7. The quantitative estimate of drug-likeness (QED) is 0.194. The van der Waals surface area contributed by atoms with Crippen LogP contribution in [0.25, 0.3) is 11.0 Å². The average molecular weight is 595 g/mol. The zero-order valence-corrected chi connectivity index (χ0v) is 24.1. The van der Waals surface area contributed by atoms with Gasteiger partial charge in [-0.15, -0.1) is 0 Å². The molecule has 5 rings (SSSR count). The van der Waals surface area contributed by atoms with E-state index in [0.717, 1.165) is 29.0 Å². The highest BCUT2D eigenvalue weighted by Gasteiger charge is 2.35. The molecule has 43 heavy (non-hydrogen) atoms. The Balaban J connectivity index is 1.28. The molecule has 0 spiro atoms. The number of pyridine rings is 1. The predicted molar refractivity (Wildman–Crippen MR) is 158 cm³/mol. The molecule has 0 radical (unpaired) electrons. The Morgan fingerprint density at radius 3 is 2.63 bits per heavy atom. The molecule has 1 amide bonds. The van der Waals surface area contributed by atoms with Crippen molar-refractivity contribution in [3.8, 4) is 0 Å². The Kier molecular flexibility index (Phi) is 8.69. The number of rotatable bonds is 9. The van der Waals surface area contributed by atoms with Crippen LogP contribution in [-0.2, 0) is 24.0 Å². The number of hydrogen-bond donors (Lipinski definition) is 4. The number of benzene rings is 2. The summed E-state index contributed by atoms with van der Waals surface area (Å²) in [6, 6.07) is 12.9. The summed E-state index contributed by atoms with van der Waals surface area (Å²) < 4.78 is 46.7. The first-order chi connectivity index (χ1) is 20.5. The molecule has 1 fully saturated rings. The number of H-pyrrole nitrogens is 1. The first-order valence-electron chi connectivity index (χ1n) is 13.9. The van der Waals surface area contributed by atoms with Crippen molar-refractivity contribution in [2.24, 2.45) is 0 Å². The molecule has 1 saturated heterocycles. The number of likely N-dealkylation sites (N-methyl/N-ethyl adjacent to an activating group) is 1. The number of aryl methyl sites for hydroxylation is 1. The Hall–Kier alpha value is -4.42. The van der Waals surface area contributed by atoms with Crippen LogP contribution in [-0.4, -0.2) is 60.0 Å². The number of halogens is 3. The molecule has 226 valence electrons. The maximum atomic E-state index is 14.0. The van der Waals surface area contributed by atoms with Crippen LogP contribution >= 0.6 is 0 Å². The van der Waals surface area contributed by atoms with Crippen LogP contribution in [0, 0.1) is 6.92 Å².